The standard InChI is InChI=1S/C16H26N4O3/c1-10(2)8-13(15(17)22)19-16(23)14(20-18-3)9-11-4-6-12(21)7-5-11/h4-7,10,13-14,18,20-21H,8-9H2,1-3H3,(H2,17,22)(H,19,23)/t13-,14-/m0/s1. The van der Waals surface area contributed by atoms with Crippen molar-refractivity contribution < 1.29 is 14.7 Å². The summed E-state index contributed by atoms with van der Waals surface area (Å²) in [5.74, 6) is -0.445. The van der Waals surface area contributed by atoms with E-state index in [1.807, 2.05) is 13.8 Å². The molecule has 0 spiro atoms. The molecular weight excluding hydrogens is 296 g/mol. The Kier molecular flexibility index (Phi) is 7.50. The topological polar surface area (TPSA) is 116 Å². The number of aromatic hydroxyl groups is 1. The minimum atomic E-state index is -0.691. The van der Waals surface area contributed by atoms with Crippen LogP contribution in [0.15, 0.2) is 24.3 Å². The number of phenolic OH excluding ortho intramolecular Hbond substituents is 1. The van der Waals surface area contributed by atoms with E-state index in [2.05, 4.69) is 16.2 Å². The quantitative estimate of drug-likeness (QED) is 0.412. The Labute approximate surface area is 136 Å². The summed E-state index contributed by atoms with van der Waals surface area (Å²) in [6.45, 7) is 3.92. The zero-order valence-corrected chi connectivity index (χ0v) is 13.8. The fraction of sp³-hybridized carbons (Fsp3) is 0.500. The second-order valence-corrected chi connectivity index (χ2v) is 5.91. The third kappa shape index (κ3) is 6.66. The molecule has 1 aromatic rings. The molecule has 1 rings (SSSR count). The SMILES string of the molecule is CNN[C@@H](Cc1ccc(O)cc1)C(=O)N[C@@H](CC(C)C)C(N)=O. The molecule has 128 valence electrons. The van der Waals surface area contributed by atoms with Crippen LogP contribution in [0.25, 0.3) is 0 Å². The van der Waals surface area contributed by atoms with Gasteiger partial charge in [0.25, 0.3) is 0 Å². The van der Waals surface area contributed by atoms with Crippen molar-refractivity contribution in [3.05, 3.63) is 29.8 Å². The van der Waals surface area contributed by atoms with E-state index in [-0.39, 0.29) is 17.6 Å². The van der Waals surface area contributed by atoms with E-state index in [9.17, 15) is 14.7 Å². The number of hydrazine groups is 1. The van der Waals surface area contributed by atoms with Gasteiger partial charge in [0.1, 0.15) is 17.8 Å². The van der Waals surface area contributed by atoms with Gasteiger partial charge in [-0.2, -0.15) is 0 Å². The van der Waals surface area contributed by atoms with Gasteiger partial charge in [0, 0.05) is 0 Å². The molecular formula is C16H26N4O3. The molecule has 0 aliphatic heterocycles. The van der Waals surface area contributed by atoms with E-state index in [0.29, 0.717) is 12.8 Å². The lowest BCUT2D eigenvalue weighted by atomic mass is 10.0. The summed E-state index contributed by atoms with van der Waals surface area (Å²) in [6.07, 6.45) is 0.896. The fourth-order valence-electron chi connectivity index (χ4n) is 2.24. The molecule has 0 radical (unpaired) electrons. The predicted octanol–water partition coefficient (Wildman–Crippen LogP) is 0.0435. The molecule has 0 saturated heterocycles. The first-order valence-electron chi connectivity index (χ1n) is 7.63. The molecule has 0 bridgehead atoms. The van der Waals surface area contributed by atoms with Crippen LogP contribution in [0.1, 0.15) is 25.8 Å². The van der Waals surface area contributed by atoms with Gasteiger partial charge >= 0.3 is 0 Å². The van der Waals surface area contributed by atoms with Crippen molar-refractivity contribution in [1.82, 2.24) is 16.2 Å². The number of rotatable bonds is 9. The normalized spacial score (nSPS) is 13.6. The largest absolute Gasteiger partial charge is 0.508 e. The number of nitrogens with two attached hydrogens (primary N) is 1. The second kappa shape index (κ2) is 9.12. The number of hydrogen-bond donors (Lipinski definition) is 5. The molecule has 0 aliphatic rings. The van der Waals surface area contributed by atoms with Crippen molar-refractivity contribution in [2.24, 2.45) is 11.7 Å². The lowest BCUT2D eigenvalue weighted by Crippen LogP contribution is -2.55. The summed E-state index contributed by atoms with van der Waals surface area (Å²) in [5, 5.41) is 12.0. The first-order chi connectivity index (χ1) is 10.8. The zero-order chi connectivity index (χ0) is 17.4. The van der Waals surface area contributed by atoms with Crippen molar-refractivity contribution in [1.29, 1.82) is 0 Å². The molecule has 7 heteroatoms. The summed E-state index contributed by atoms with van der Waals surface area (Å²) in [5.41, 5.74) is 11.9. The Balaban J connectivity index is 2.76. The molecule has 0 heterocycles. The van der Waals surface area contributed by atoms with Crippen LogP contribution in [-0.4, -0.2) is 36.1 Å². The summed E-state index contributed by atoms with van der Waals surface area (Å²) in [4.78, 5) is 23.9. The van der Waals surface area contributed by atoms with Crippen LogP contribution < -0.4 is 21.9 Å². The molecule has 1 aromatic carbocycles. The summed E-state index contributed by atoms with van der Waals surface area (Å²) in [7, 11) is 1.66. The number of primary amides is 1. The Hall–Kier alpha value is -2.12. The third-order valence-electron chi connectivity index (χ3n) is 3.38. The Morgan fingerprint density at radius 1 is 1.17 bits per heavy atom. The zero-order valence-electron chi connectivity index (χ0n) is 13.8. The van der Waals surface area contributed by atoms with E-state index >= 15 is 0 Å². The van der Waals surface area contributed by atoms with E-state index in [0.717, 1.165) is 5.56 Å². The van der Waals surface area contributed by atoms with Gasteiger partial charge in [-0.1, -0.05) is 26.0 Å². The molecule has 2 amide bonds. The van der Waals surface area contributed by atoms with Gasteiger partial charge in [0.15, 0.2) is 0 Å². The minimum Gasteiger partial charge on any atom is -0.508 e. The molecule has 0 aromatic heterocycles. The van der Waals surface area contributed by atoms with Crippen LogP contribution in [-0.2, 0) is 16.0 Å². The van der Waals surface area contributed by atoms with E-state index in [1.165, 1.54) is 0 Å². The number of carbonyl (C=O) groups excluding carboxylic acids is 2. The summed E-state index contributed by atoms with van der Waals surface area (Å²) in [6, 6.07) is 5.35. The lowest BCUT2D eigenvalue weighted by Gasteiger charge is -2.22. The van der Waals surface area contributed by atoms with Gasteiger partial charge in [-0.3, -0.25) is 15.0 Å². The molecule has 0 fully saturated rings. The summed E-state index contributed by atoms with van der Waals surface area (Å²) < 4.78 is 0. The number of nitrogens with one attached hydrogen (secondary N) is 3. The molecule has 2 atom stereocenters. The van der Waals surface area contributed by atoms with Crippen LogP contribution in [0, 0.1) is 5.92 Å². The van der Waals surface area contributed by atoms with E-state index < -0.39 is 18.0 Å². The molecule has 6 N–H and O–H groups in total. The highest BCUT2D eigenvalue weighted by Crippen LogP contribution is 2.12. The maximum atomic E-state index is 12.4. The van der Waals surface area contributed by atoms with Crippen LogP contribution in [0.4, 0.5) is 0 Å². The molecule has 23 heavy (non-hydrogen) atoms. The minimum absolute atomic E-state index is 0.169. The first-order valence-corrected chi connectivity index (χ1v) is 7.63. The highest BCUT2D eigenvalue weighted by Gasteiger charge is 2.24. The second-order valence-electron chi connectivity index (χ2n) is 5.91. The fourth-order valence-corrected chi connectivity index (χ4v) is 2.24. The number of hydrogen-bond acceptors (Lipinski definition) is 5. The van der Waals surface area contributed by atoms with Gasteiger partial charge < -0.3 is 16.2 Å². The Morgan fingerprint density at radius 2 is 1.78 bits per heavy atom. The van der Waals surface area contributed by atoms with Crippen molar-refractivity contribution in [3.63, 3.8) is 0 Å². The highest BCUT2D eigenvalue weighted by atomic mass is 16.3. The number of benzene rings is 1. The molecule has 0 unspecified atom stereocenters. The third-order valence-corrected chi connectivity index (χ3v) is 3.38. The van der Waals surface area contributed by atoms with Crippen molar-refractivity contribution in [3.8, 4) is 5.75 Å². The maximum absolute atomic E-state index is 12.4. The lowest BCUT2D eigenvalue weighted by molar-refractivity contribution is -0.129. The van der Waals surface area contributed by atoms with Gasteiger partial charge in [-0.25, -0.2) is 5.43 Å². The van der Waals surface area contributed by atoms with Crippen LogP contribution in [0.2, 0.25) is 0 Å². The smallest absolute Gasteiger partial charge is 0.240 e. The van der Waals surface area contributed by atoms with Crippen molar-refractivity contribution >= 4 is 11.8 Å². The maximum Gasteiger partial charge on any atom is 0.240 e. The Bertz CT molecular complexity index is 517. The van der Waals surface area contributed by atoms with Gasteiger partial charge in [0.05, 0.1) is 0 Å². The molecule has 7 nitrogen and oxygen atoms in total. The summed E-state index contributed by atoms with van der Waals surface area (Å²) >= 11 is 0. The monoisotopic (exact) mass is 322 g/mol. The predicted molar refractivity (Wildman–Crippen MR) is 88.4 cm³/mol. The van der Waals surface area contributed by atoms with E-state index in [4.69, 9.17) is 5.73 Å². The van der Waals surface area contributed by atoms with Crippen LogP contribution >= 0.6 is 0 Å². The molecule has 0 saturated carbocycles. The van der Waals surface area contributed by atoms with Crippen LogP contribution in [0.5, 0.6) is 5.75 Å². The number of amides is 2. The van der Waals surface area contributed by atoms with Crippen LogP contribution in [0.3, 0.4) is 0 Å². The average Bonchev–Trinajstić information content (AvgIpc) is 2.47. The van der Waals surface area contributed by atoms with Crippen molar-refractivity contribution in [2.75, 3.05) is 7.05 Å². The number of phenols is 1. The highest BCUT2D eigenvalue weighted by molar-refractivity contribution is 5.89. The first kappa shape index (κ1) is 18.9. The molecule has 0 aliphatic carbocycles. The average molecular weight is 322 g/mol. The van der Waals surface area contributed by atoms with Gasteiger partial charge in [-0.05, 0) is 43.5 Å². The van der Waals surface area contributed by atoms with Gasteiger partial charge in [0.2, 0.25) is 11.8 Å². The van der Waals surface area contributed by atoms with Crippen molar-refractivity contribution in [2.45, 2.75) is 38.8 Å². The Morgan fingerprint density at radius 3 is 2.26 bits per heavy atom. The number of carbonyl (C=O) groups is 2. The van der Waals surface area contributed by atoms with Gasteiger partial charge in [-0.15, -0.1) is 0 Å². The van der Waals surface area contributed by atoms with E-state index in [1.54, 1.807) is 31.3 Å².